The van der Waals surface area contributed by atoms with Crippen molar-refractivity contribution in [1.82, 2.24) is 10.3 Å². The van der Waals surface area contributed by atoms with Gasteiger partial charge in [-0.3, -0.25) is 4.98 Å². The minimum Gasteiger partial charge on any atom is -0.307 e. The summed E-state index contributed by atoms with van der Waals surface area (Å²) in [6.07, 6.45) is 0. The van der Waals surface area contributed by atoms with Gasteiger partial charge in [-0.1, -0.05) is 37.3 Å². The standard InChI is InChI=1S/C16H20N2/c1-5-17-16(11(2)3)14-10-12(4)18-15-9-7-6-8-13(14)15/h6-10,16-17H,2,5H2,1,3-4H3. The predicted octanol–water partition coefficient (Wildman–Crippen LogP) is 3.77. The fourth-order valence-corrected chi connectivity index (χ4v) is 2.33. The fraction of sp³-hybridized carbons (Fsp3) is 0.312. The minimum atomic E-state index is 0.196. The van der Waals surface area contributed by atoms with Gasteiger partial charge in [-0.05, 0) is 38.1 Å². The van der Waals surface area contributed by atoms with E-state index in [4.69, 9.17) is 0 Å². The summed E-state index contributed by atoms with van der Waals surface area (Å²) in [6.45, 7) is 11.3. The lowest BCUT2D eigenvalue weighted by molar-refractivity contribution is 0.624. The van der Waals surface area contributed by atoms with Crippen LogP contribution in [0.3, 0.4) is 0 Å². The number of benzene rings is 1. The topological polar surface area (TPSA) is 24.9 Å². The Balaban J connectivity index is 2.64. The average molecular weight is 240 g/mol. The van der Waals surface area contributed by atoms with Gasteiger partial charge in [0.1, 0.15) is 0 Å². The Labute approximate surface area is 109 Å². The number of hydrogen-bond acceptors (Lipinski definition) is 2. The first-order valence-electron chi connectivity index (χ1n) is 6.38. The monoisotopic (exact) mass is 240 g/mol. The predicted molar refractivity (Wildman–Crippen MR) is 77.7 cm³/mol. The number of fused-ring (bicyclic) bond motifs is 1. The number of rotatable bonds is 4. The lowest BCUT2D eigenvalue weighted by Gasteiger charge is -2.20. The maximum Gasteiger partial charge on any atom is 0.0708 e. The summed E-state index contributed by atoms with van der Waals surface area (Å²) in [6, 6.07) is 10.6. The van der Waals surface area contributed by atoms with Crippen LogP contribution in [0, 0.1) is 6.92 Å². The molecular formula is C16H20N2. The Morgan fingerprint density at radius 3 is 2.78 bits per heavy atom. The van der Waals surface area contributed by atoms with E-state index in [1.54, 1.807) is 0 Å². The molecule has 1 aromatic heterocycles. The first-order valence-corrected chi connectivity index (χ1v) is 6.38. The van der Waals surface area contributed by atoms with Crippen molar-refractivity contribution in [3.8, 4) is 0 Å². The van der Waals surface area contributed by atoms with Crippen LogP contribution in [0.1, 0.15) is 31.1 Å². The van der Waals surface area contributed by atoms with Crippen molar-refractivity contribution < 1.29 is 0 Å². The van der Waals surface area contributed by atoms with E-state index in [-0.39, 0.29) is 6.04 Å². The second kappa shape index (κ2) is 5.32. The second-order valence-corrected chi connectivity index (χ2v) is 4.71. The number of aryl methyl sites for hydroxylation is 1. The van der Waals surface area contributed by atoms with E-state index in [2.05, 4.69) is 55.0 Å². The van der Waals surface area contributed by atoms with Crippen molar-refractivity contribution in [2.24, 2.45) is 0 Å². The Morgan fingerprint density at radius 2 is 2.11 bits per heavy atom. The van der Waals surface area contributed by atoms with Gasteiger partial charge in [0, 0.05) is 11.1 Å². The van der Waals surface area contributed by atoms with Gasteiger partial charge in [0.05, 0.1) is 11.6 Å². The van der Waals surface area contributed by atoms with Crippen LogP contribution in [0.2, 0.25) is 0 Å². The maximum absolute atomic E-state index is 4.58. The Kier molecular flexibility index (Phi) is 3.78. The third-order valence-corrected chi connectivity index (χ3v) is 3.09. The van der Waals surface area contributed by atoms with Crippen molar-refractivity contribution in [2.45, 2.75) is 26.8 Å². The molecule has 0 amide bonds. The third kappa shape index (κ3) is 2.44. The fourth-order valence-electron chi connectivity index (χ4n) is 2.33. The zero-order valence-corrected chi connectivity index (χ0v) is 11.3. The van der Waals surface area contributed by atoms with Gasteiger partial charge in [0.2, 0.25) is 0 Å². The molecule has 0 saturated heterocycles. The molecule has 0 aliphatic carbocycles. The molecule has 18 heavy (non-hydrogen) atoms. The van der Waals surface area contributed by atoms with E-state index in [0.717, 1.165) is 23.3 Å². The Hall–Kier alpha value is -1.67. The van der Waals surface area contributed by atoms with Crippen LogP contribution in [0.15, 0.2) is 42.5 Å². The van der Waals surface area contributed by atoms with E-state index in [1.165, 1.54) is 10.9 Å². The van der Waals surface area contributed by atoms with Gasteiger partial charge < -0.3 is 5.32 Å². The first kappa shape index (κ1) is 12.8. The molecular weight excluding hydrogens is 220 g/mol. The van der Waals surface area contributed by atoms with Crippen LogP contribution in [-0.4, -0.2) is 11.5 Å². The van der Waals surface area contributed by atoms with Crippen LogP contribution < -0.4 is 5.32 Å². The molecule has 2 rings (SSSR count). The Bertz CT molecular complexity index is 572. The molecule has 1 atom stereocenters. The minimum absolute atomic E-state index is 0.196. The van der Waals surface area contributed by atoms with Gasteiger partial charge in [0.25, 0.3) is 0 Å². The summed E-state index contributed by atoms with van der Waals surface area (Å²) in [5, 5.41) is 4.70. The summed E-state index contributed by atoms with van der Waals surface area (Å²) in [5.41, 5.74) is 4.50. The zero-order valence-electron chi connectivity index (χ0n) is 11.3. The molecule has 0 fully saturated rings. The molecule has 94 valence electrons. The van der Waals surface area contributed by atoms with Crippen molar-refractivity contribution in [1.29, 1.82) is 0 Å². The normalized spacial score (nSPS) is 12.6. The molecule has 0 radical (unpaired) electrons. The lowest BCUT2D eigenvalue weighted by atomic mass is 9.96. The largest absolute Gasteiger partial charge is 0.307 e. The van der Waals surface area contributed by atoms with Crippen molar-refractivity contribution in [2.75, 3.05) is 6.54 Å². The highest BCUT2D eigenvalue weighted by Crippen LogP contribution is 2.27. The molecule has 0 saturated carbocycles. The van der Waals surface area contributed by atoms with Crippen LogP contribution >= 0.6 is 0 Å². The van der Waals surface area contributed by atoms with Crippen molar-refractivity contribution in [3.63, 3.8) is 0 Å². The second-order valence-electron chi connectivity index (χ2n) is 4.71. The van der Waals surface area contributed by atoms with Crippen LogP contribution in [0.25, 0.3) is 10.9 Å². The first-order chi connectivity index (χ1) is 8.63. The average Bonchev–Trinajstić information content (AvgIpc) is 2.34. The van der Waals surface area contributed by atoms with Crippen molar-refractivity contribution in [3.05, 3.63) is 53.7 Å². The zero-order chi connectivity index (χ0) is 13.1. The number of nitrogens with zero attached hydrogens (tertiary/aromatic N) is 1. The van der Waals surface area contributed by atoms with E-state index < -0.39 is 0 Å². The quantitative estimate of drug-likeness (QED) is 0.823. The SMILES string of the molecule is C=C(C)C(NCC)c1cc(C)nc2ccccc12. The van der Waals surface area contributed by atoms with Gasteiger partial charge >= 0.3 is 0 Å². The number of pyridine rings is 1. The molecule has 2 heteroatoms. The van der Waals surface area contributed by atoms with Gasteiger partial charge in [0.15, 0.2) is 0 Å². The summed E-state index contributed by atoms with van der Waals surface area (Å²) in [7, 11) is 0. The van der Waals surface area contributed by atoms with Crippen molar-refractivity contribution >= 4 is 10.9 Å². The van der Waals surface area contributed by atoms with Crippen LogP contribution in [0.4, 0.5) is 0 Å². The highest BCUT2D eigenvalue weighted by atomic mass is 14.9. The van der Waals surface area contributed by atoms with E-state index in [0.29, 0.717) is 0 Å². The summed E-state index contributed by atoms with van der Waals surface area (Å²) in [5.74, 6) is 0. The molecule has 0 bridgehead atoms. The number of para-hydroxylation sites is 1. The highest BCUT2D eigenvalue weighted by molar-refractivity contribution is 5.83. The van der Waals surface area contributed by atoms with E-state index >= 15 is 0 Å². The molecule has 2 aromatic rings. The van der Waals surface area contributed by atoms with Gasteiger partial charge in [-0.15, -0.1) is 0 Å². The van der Waals surface area contributed by atoms with Gasteiger partial charge in [-0.2, -0.15) is 0 Å². The molecule has 0 aliphatic rings. The smallest absolute Gasteiger partial charge is 0.0708 e. The van der Waals surface area contributed by atoms with Crippen LogP contribution in [0.5, 0.6) is 0 Å². The number of nitrogens with one attached hydrogen (secondary N) is 1. The molecule has 1 unspecified atom stereocenters. The molecule has 1 N–H and O–H groups in total. The van der Waals surface area contributed by atoms with Gasteiger partial charge in [-0.25, -0.2) is 0 Å². The number of hydrogen-bond donors (Lipinski definition) is 1. The maximum atomic E-state index is 4.58. The molecule has 1 heterocycles. The summed E-state index contributed by atoms with van der Waals surface area (Å²) in [4.78, 5) is 4.58. The lowest BCUT2D eigenvalue weighted by Crippen LogP contribution is -2.22. The molecule has 0 aliphatic heterocycles. The molecule has 1 aromatic carbocycles. The highest BCUT2D eigenvalue weighted by Gasteiger charge is 2.14. The summed E-state index contributed by atoms with van der Waals surface area (Å²) >= 11 is 0. The van der Waals surface area contributed by atoms with E-state index in [1.807, 2.05) is 13.0 Å². The Morgan fingerprint density at radius 1 is 1.39 bits per heavy atom. The summed E-state index contributed by atoms with van der Waals surface area (Å²) < 4.78 is 0. The number of aromatic nitrogens is 1. The molecule has 0 spiro atoms. The third-order valence-electron chi connectivity index (χ3n) is 3.09. The number of likely N-dealkylation sites (N-methyl/N-ethyl adjacent to an activating group) is 1. The molecule has 2 nitrogen and oxygen atoms in total. The van der Waals surface area contributed by atoms with Crippen LogP contribution in [-0.2, 0) is 0 Å². The van der Waals surface area contributed by atoms with E-state index in [9.17, 15) is 0 Å².